The summed E-state index contributed by atoms with van der Waals surface area (Å²) in [5, 5.41) is 3.78. The first-order chi connectivity index (χ1) is 10.6. The molecule has 3 rings (SSSR count). The van der Waals surface area contributed by atoms with Crippen LogP contribution >= 0.6 is 0 Å². The van der Waals surface area contributed by atoms with E-state index in [0.717, 1.165) is 24.8 Å². The van der Waals surface area contributed by atoms with Crippen LogP contribution in [-0.4, -0.2) is 29.4 Å². The van der Waals surface area contributed by atoms with Crippen LogP contribution in [0.3, 0.4) is 0 Å². The second-order valence-electron chi connectivity index (χ2n) is 5.54. The quantitative estimate of drug-likeness (QED) is 0.864. The minimum atomic E-state index is -3.42. The summed E-state index contributed by atoms with van der Waals surface area (Å²) in [5.74, 6) is 0.923. The summed E-state index contributed by atoms with van der Waals surface area (Å²) in [4.78, 5) is 4.22. The predicted molar refractivity (Wildman–Crippen MR) is 81.4 cm³/mol. The van der Waals surface area contributed by atoms with Crippen molar-refractivity contribution in [3.63, 3.8) is 0 Å². The summed E-state index contributed by atoms with van der Waals surface area (Å²) < 4.78 is 32.3. The number of sulfonamides is 1. The van der Waals surface area contributed by atoms with Gasteiger partial charge in [-0.3, -0.25) is 0 Å². The molecule has 1 aliphatic heterocycles. The number of rotatable bonds is 4. The molecule has 6 nitrogen and oxygen atoms in total. The zero-order valence-electron chi connectivity index (χ0n) is 12.5. The summed E-state index contributed by atoms with van der Waals surface area (Å²) in [6.45, 7) is 2.24. The van der Waals surface area contributed by atoms with Crippen LogP contribution in [0, 0.1) is 6.92 Å². The summed E-state index contributed by atoms with van der Waals surface area (Å²) >= 11 is 0. The van der Waals surface area contributed by atoms with Crippen molar-refractivity contribution in [2.75, 3.05) is 6.54 Å². The molecular weight excluding hydrogens is 302 g/mol. The zero-order chi connectivity index (χ0) is 15.6. The molecule has 1 fully saturated rings. The van der Waals surface area contributed by atoms with Gasteiger partial charge in [-0.1, -0.05) is 41.9 Å². The van der Waals surface area contributed by atoms with E-state index < -0.39 is 10.0 Å². The zero-order valence-corrected chi connectivity index (χ0v) is 13.3. The van der Waals surface area contributed by atoms with Gasteiger partial charge in [0.2, 0.25) is 15.9 Å². The van der Waals surface area contributed by atoms with Crippen molar-refractivity contribution in [1.82, 2.24) is 14.4 Å². The molecule has 118 valence electrons. The molecule has 7 heteroatoms. The topological polar surface area (TPSA) is 76.3 Å². The molecule has 0 radical (unpaired) electrons. The number of benzene rings is 1. The van der Waals surface area contributed by atoms with Gasteiger partial charge in [0.15, 0.2) is 5.82 Å². The lowest BCUT2D eigenvalue weighted by atomic mass is 10.1. The molecule has 0 spiro atoms. The van der Waals surface area contributed by atoms with Crippen LogP contribution in [0.2, 0.25) is 0 Å². The highest BCUT2D eigenvalue weighted by atomic mass is 32.2. The predicted octanol–water partition coefficient (Wildman–Crippen LogP) is 2.44. The Balaban J connectivity index is 1.86. The normalized spacial score (nSPS) is 20.1. The number of nitrogens with zero attached hydrogens (tertiary/aromatic N) is 3. The Bertz CT molecular complexity index is 728. The summed E-state index contributed by atoms with van der Waals surface area (Å²) in [6, 6.07) is 8.88. The Labute approximate surface area is 130 Å². The number of aromatic nitrogens is 2. The molecule has 1 atom stereocenters. The van der Waals surface area contributed by atoms with Gasteiger partial charge in [0.1, 0.15) is 6.04 Å². The maximum atomic E-state index is 12.8. The van der Waals surface area contributed by atoms with Crippen molar-refractivity contribution in [3.8, 4) is 0 Å². The largest absolute Gasteiger partial charge is 0.338 e. The Morgan fingerprint density at radius 2 is 2.05 bits per heavy atom. The Morgan fingerprint density at radius 1 is 1.27 bits per heavy atom. The average molecular weight is 321 g/mol. The molecule has 0 unspecified atom stereocenters. The monoisotopic (exact) mass is 321 g/mol. The number of hydrogen-bond acceptors (Lipinski definition) is 5. The third kappa shape index (κ3) is 3.20. The van der Waals surface area contributed by atoms with Gasteiger partial charge in [-0.2, -0.15) is 9.29 Å². The van der Waals surface area contributed by atoms with Gasteiger partial charge in [-0.25, -0.2) is 8.42 Å². The smallest absolute Gasteiger partial charge is 0.245 e. The lowest BCUT2D eigenvalue weighted by molar-refractivity contribution is 0.204. The fourth-order valence-corrected chi connectivity index (χ4v) is 4.57. The molecule has 2 heterocycles. The first kappa shape index (κ1) is 15.2. The van der Waals surface area contributed by atoms with Crippen molar-refractivity contribution >= 4 is 10.0 Å². The Kier molecular flexibility index (Phi) is 4.26. The van der Waals surface area contributed by atoms with E-state index in [1.807, 2.05) is 30.3 Å². The van der Waals surface area contributed by atoms with Gasteiger partial charge in [0.05, 0.1) is 5.75 Å². The van der Waals surface area contributed by atoms with Crippen LogP contribution in [-0.2, 0) is 15.8 Å². The highest BCUT2D eigenvalue weighted by Crippen LogP contribution is 2.33. The average Bonchev–Trinajstić information content (AvgIpc) is 2.94. The molecule has 1 aliphatic rings. The molecule has 22 heavy (non-hydrogen) atoms. The number of hydrogen-bond donors (Lipinski definition) is 0. The molecule has 0 aliphatic carbocycles. The number of piperidine rings is 1. The molecule has 0 N–H and O–H groups in total. The van der Waals surface area contributed by atoms with Gasteiger partial charge < -0.3 is 4.52 Å². The highest BCUT2D eigenvalue weighted by molar-refractivity contribution is 7.88. The minimum Gasteiger partial charge on any atom is -0.338 e. The number of aryl methyl sites for hydroxylation is 1. The van der Waals surface area contributed by atoms with E-state index in [2.05, 4.69) is 10.1 Å². The molecule has 1 aromatic carbocycles. The van der Waals surface area contributed by atoms with Gasteiger partial charge in [-0.05, 0) is 25.3 Å². The van der Waals surface area contributed by atoms with Crippen LogP contribution in [0.15, 0.2) is 34.9 Å². The lowest BCUT2D eigenvalue weighted by Gasteiger charge is -2.32. The van der Waals surface area contributed by atoms with Gasteiger partial charge in [0, 0.05) is 6.54 Å². The van der Waals surface area contributed by atoms with Crippen LogP contribution in [0.1, 0.15) is 42.6 Å². The standard InChI is InChI=1S/C15H19N3O3S/c1-12-16-15(21-17-12)14-9-5-6-10-18(14)22(19,20)11-13-7-3-2-4-8-13/h2-4,7-8,14H,5-6,9-11H2,1H3/t14-/m1/s1. The summed E-state index contributed by atoms with van der Waals surface area (Å²) in [5.41, 5.74) is 0.786. The Morgan fingerprint density at radius 3 is 2.73 bits per heavy atom. The minimum absolute atomic E-state index is 0.00252. The van der Waals surface area contributed by atoms with Crippen molar-refractivity contribution in [2.24, 2.45) is 0 Å². The van der Waals surface area contributed by atoms with E-state index in [1.165, 1.54) is 4.31 Å². The van der Waals surface area contributed by atoms with Crippen molar-refractivity contribution in [1.29, 1.82) is 0 Å². The molecule has 0 amide bonds. The van der Waals surface area contributed by atoms with Crippen LogP contribution in [0.4, 0.5) is 0 Å². The van der Waals surface area contributed by atoms with E-state index in [0.29, 0.717) is 18.3 Å². The van der Waals surface area contributed by atoms with Gasteiger partial charge in [-0.15, -0.1) is 0 Å². The van der Waals surface area contributed by atoms with Crippen molar-refractivity contribution in [2.45, 2.75) is 38.0 Å². The molecule has 1 saturated heterocycles. The van der Waals surface area contributed by atoms with E-state index in [-0.39, 0.29) is 11.8 Å². The second-order valence-corrected chi connectivity index (χ2v) is 7.47. The first-order valence-corrected chi connectivity index (χ1v) is 9.01. The van der Waals surface area contributed by atoms with Crippen LogP contribution < -0.4 is 0 Å². The Hall–Kier alpha value is -1.73. The van der Waals surface area contributed by atoms with Crippen LogP contribution in [0.5, 0.6) is 0 Å². The fraction of sp³-hybridized carbons (Fsp3) is 0.467. The van der Waals surface area contributed by atoms with Crippen molar-refractivity contribution < 1.29 is 12.9 Å². The molecular formula is C15H19N3O3S. The van der Waals surface area contributed by atoms with Gasteiger partial charge in [0.25, 0.3) is 0 Å². The van der Waals surface area contributed by atoms with E-state index in [4.69, 9.17) is 4.52 Å². The van der Waals surface area contributed by atoms with Gasteiger partial charge >= 0.3 is 0 Å². The molecule has 2 aromatic rings. The lowest BCUT2D eigenvalue weighted by Crippen LogP contribution is -2.39. The van der Waals surface area contributed by atoms with Crippen molar-refractivity contribution in [3.05, 3.63) is 47.6 Å². The molecule has 1 aromatic heterocycles. The summed E-state index contributed by atoms with van der Waals surface area (Å²) in [6.07, 6.45) is 2.54. The summed E-state index contributed by atoms with van der Waals surface area (Å²) in [7, 11) is -3.42. The van der Waals surface area contributed by atoms with E-state index >= 15 is 0 Å². The highest BCUT2D eigenvalue weighted by Gasteiger charge is 2.36. The SMILES string of the molecule is Cc1noc([C@H]2CCCCN2S(=O)(=O)Cc2ccccc2)n1. The molecule has 0 saturated carbocycles. The van der Waals surface area contributed by atoms with Crippen LogP contribution in [0.25, 0.3) is 0 Å². The fourth-order valence-electron chi connectivity index (χ4n) is 2.80. The first-order valence-electron chi connectivity index (χ1n) is 7.40. The third-order valence-electron chi connectivity index (χ3n) is 3.83. The third-order valence-corrected chi connectivity index (χ3v) is 5.68. The maximum absolute atomic E-state index is 12.8. The maximum Gasteiger partial charge on any atom is 0.245 e. The second kappa shape index (κ2) is 6.18. The molecule has 0 bridgehead atoms. The van der Waals surface area contributed by atoms with E-state index in [9.17, 15) is 8.42 Å². The van der Waals surface area contributed by atoms with E-state index in [1.54, 1.807) is 6.92 Å².